The summed E-state index contributed by atoms with van der Waals surface area (Å²) in [6.45, 7) is 2.45. The van der Waals surface area contributed by atoms with Crippen molar-refractivity contribution >= 4 is 16.9 Å². The van der Waals surface area contributed by atoms with E-state index in [0.29, 0.717) is 13.0 Å². The van der Waals surface area contributed by atoms with E-state index in [1.54, 1.807) is 21.1 Å². The van der Waals surface area contributed by atoms with Gasteiger partial charge in [0.25, 0.3) is 0 Å². The summed E-state index contributed by atoms with van der Waals surface area (Å²) in [7, 11) is 3.18. The minimum absolute atomic E-state index is 0.227. The smallest absolute Gasteiger partial charge is 0.324 e. The van der Waals surface area contributed by atoms with Crippen molar-refractivity contribution in [1.29, 1.82) is 0 Å². The maximum atomic E-state index is 11.8. The molecule has 2 aromatic rings. The van der Waals surface area contributed by atoms with Gasteiger partial charge in [-0.25, -0.2) is 0 Å². The summed E-state index contributed by atoms with van der Waals surface area (Å²) < 4.78 is 10.6. The largest absolute Gasteiger partial charge is 0.480 e. The van der Waals surface area contributed by atoms with Gasteiger partial charge in [-0.05, 0) is 23.6 Å². The van der Waals surface area contributed by atoms with E-state index in [0.717, 1.165) is 22.0 Å². The van der Waals surface area contributed by atoms with Gasteiger partial charge in [-0.1, -0.05) is 19.1 Å². The molecule has 0 aliphatic heterocycles. The lowest BCUT2D eigenvalue weighted by molar-refractivity contribution is -0.145. The first kappa shape index (κ1) is 17.5. The lowest BCUT2D eigenvalue weighted by Crippen LogP contribution is -2.53. The molecule has 0 radical (unpaired) electrons. The van der Waals surface area contributed by atoms with E-state index in [9.17, 15) is 9.90 Å². The molecule has 0 saturated carbocycles. The van der Waals surface area contributed by atoms with Crippen LogP contribution in [0.25, 0.3) is 10.9 Å². The van der Waals surface area contributed by atoms with E-state index >= 15 is 0 Å². The number of ether oxygens (including phenoxy) is 2. The summed E-state index contributed by atoms with van der Waals surface area (Å²) in [4.78, 5) is 15.0. The van der Waals surface area contributed by atoms with Crippen molar-refractivity contribution in [2.75, 3.05) is 20.8 Å². The maximum absolute atomic E-state index is 11.8. The third-order valence-electron chi connectivity index (χ3n) is 4.44. The van der Waals surface area contributed by atoms with Gasteiger partial charge in [0, 0.05) is 37.2 Å². The normalized spacial score (nSPS) is 15.5. The van der Waals surface area contributed by atoms with Crippen molar-refractivity contribution in [2.45, 2.75) is 31.4 Å². The molecule has 1 heterocycles. The highest BCUT2D eigenvalue weighted by atomic mass is 16.5. The summed E-state index contributed by atoms with van der Waals surface area (Å²) in [6, 6.07) is 5.86. The van der Waals surface area contributed by atoms with Crippen LogP contribution in [-0.4, -0.2) is 42.4 Å². The predicted octanol–water partition coefficient (Wildman–Crippen LogP) is 2.24. The Balaban J connectivity index is 2.64. The van der Waals surface area contributed by atoms with Gasteiger partial charge in [0.15, 0.2) is 0 Å². The van der Waals surface area contributed by atoms with Crippen LogP contribution >= 0.6 is 0 Å². The van der Waals surface area contributed by atoms with E-state index in [4.69, 9.17) is 15.2 Å². The Morgan fingerprint density at radius 1 is 1.39 bits per heavy atom. The molecular formula is C17H24N2O4. The third kappa shape index (κ3) is 3.10. The average molecular weight is 320 g/mol. The van der Waals surface area contributed by atoms with Crippen LogP contribution in [0, 0.1) is 0 Å². The molecular weight excluding hydrogens is 296 g/mol. The van der Waals surface area contributed by atoms with Gasteiger partial charge >= 0.3 is 5.97 Å². The van der Waals surface area contributed by atoms with Gasteiger partial charge in [0.2, 0.25) is 0 Å². The third-order valence-corrected chi connectivity index (χ3v) is 4.44. The summed E-state index contributed by atoms with van der Waals surface area (Å²) in [5.74, 6) is -1.50. The van der Waals surface area contributed by atoms with E-state index in [1.165, 1.54) is 0 Å². The number of carbonyl (C=O) groups is 1. The Morgan fingerprint density at radius 2 is 2.13 bits per heavy atom. The van der Waals surface area contributed by atoms with Crippen molar-refractivity contribution < 1.29 is 19.4 Å². The molecule has 0 spiro atoms. The fourth-order valence-electron chi connectivity index (χ4n) is 3.07. The van der Waals surface area contributed by atoms with Crippen molar-refractivity contribution in [2.24, 2.45) is 5.73 Å². The van der Waals surface area contributed by atoms with Gasteiger partial charge in [-0.2, -0.15) is 0 Å². The fraction of sp³-hybridized carbons (Fsp3) is 0.471. The first-order valence-electron chi connectivity index (χ1n) is 7.58. The van der Waals surface area contributed by atoms with Crippen LogP contribution in [0.3, 0.4) is 0 Å². The van der Waals surface area contributed by atoms with Gasteiger partial charge in [-0.3, -0.25) is 4.79 Å². The summed E-state index contributed by atoms with van der Waals surface area (Å²) >= 11 is 0. The number of nitrogens with two attached hydrogens (primary N) is 1. The number of fused-ring (bicyclic) bond motifs is 1. The molecule has 4 N–H and O–H groups in total. The van der Waals surface area contributed by atoms with Crippen molar-refractivity contribution in [1.82, 2.24) is 4.98 Å². The Morgan fingerprint density at radius 3 is 2.70 bits per heavy atom. The molecule has 2 unspecified atom stereocenters. The van der Waals surface area contributed by atoms with E-state index in [2.05, 4.69) is 4.98 Å². The maximum Gasteiger partial charge on any atom is 0.324 e. The number of rotatable bonds is 8. The van der Waals surface area contributed by atoms with Gasteiger partial charge in [0.1, 0.15) is 5.54 Å². The summed E-state index contributed by atoms with van der Waals surface area (Å²) in [6.07, 6.45) is 2.13. The minimum Gasteiger partial charge on any atom is -0.480 e. The molecule has 6 heteroatoms. The first-order chi connectivity index (χ1) is 11.0. The second kappa shape index (κ2) is 7.12. The highest BCUT2D eigenvalue weighted by Gasteiger charge is 2.42. The van der Waals surface area contributed by atoms with Crippen LogP contribution < -0.4 is 5.73 Å². The highest BCUT2D eigenvalue weighted by molar-refractivity contribution is 5.89. The number of methoxy groups -OCH3 is 2. The lowest BCUT2D eigenvalue weighted by Gasteiger charge is -2.32. The number of nitrogens with one attached hydrogen (secondary N) is 1. The Bertz CT molecular complexity index is 682. The number of carboxylic acid groups (broad SMARTS) is 1. The van der Waals surface area contributed by atoms with Crippen LogP contribution in [0.2, 0.25) is 0 Å². The molecule has 126 valence electrons. The zero-order chi connectivity index (χ0) is 17.0. The van der Waals surface area contributed by atoms with Crippen molar-refractivity contribution in [3.05, 3.63) is 35.5 Å². The van der Waals surface area contributed by atoms with Gasteiger partial charge < -0.3 is 25.3 Å². The molecule has 0 saturated heterocycles. The quantitative estimate of drug-likeness (QED) is 0.693. The van der Waals surface area contributed by atoms with Crippen LogP contribution in [0.15, 0.2) is 24.4 Å². The zero-order valence-electron chi connectivity index (χ0n) is 13.8. The van der Waals surface area contributed by atoms with E-state index < -0.39 is 17.4 Å². The number of aromatic nitrogens is 1. The summed E-state index contributed by atoms with van der Waals surface area (Å²) in [5.41, 5.74) is 7.62. The molecule has 1 aromatic heterocycles. The fourth-order valence-corrected chi connectivity index (χ4v) is 3.07. The SMILES string of the molecule is CCC(N)(C(=O)O)C(COC)c1c[nH]c2cccc(COC)c12. The molecule has 0 fully saturated rings. The number of aliphatic carboxylic acids is 1. The number of H-pyrrole nitrogens is 1. The first-order valence-corrected chi connectivity index (χ1v) is 7.58. The second-order valence-corrected chi connectivity index (χ2v) is 5.72. The van der Waals surface area contributed by atoms with Gasteiger partial charge in [-0.15, -0.1) is 0 Å². The van der Waals surface area contributed by atoms with Crippen molar-refractivity contribution in [3.8, 4) is 0 Å². The predicted molar refractivity (Wildman–Crippen MR) is 88.5 cm³/mol. The molecule has 6 nitrogen and oxygen atoms in total. The zero-order valence-corrected chi connectivity index (χ0v) is 13.8. The van der Waals surface area contributed by atoms with E-state index in [-0.39, 0.29) is 6.61 Å². The Kier molecular flexibility index (Phi) is 5.41. The van der Waals surface area contributed by atoms with Crippen LogP contribution in [0.4, 0.5) is 0 Å². The topological polar surface area (TPSA) is 97.6 Å². The Labute approximate surface area is 135 Å². The molecule has 1 aromatic carbocycles. The lowest BCUT2D eigenvalue weighted by atomic mass is 9.78. The number of hydrogen-bond donors (Lipinski definition) is 3. The number of carboxylic acids is 1. The van der Waals surface area contributed by atoms with Crippen LogP contribution in [0.1, 0.15) is 30.4 Å². The number of aromatic amines is 1. The van der Waals surface area contributed by atoms with Crippen molar-refractivity contribution in [3.63, 3.8) is 0 Å². The number of benzene rings is 1. The molecule has 0 aliphatic rings. The molecule has 0 amide bonds. The standard InChI is InChI=1S/C17H24N2O4/c1-4-17(18,16(20)21)13(10-23-3)12-8-19-14-7-5-6-11(9-22-2)15(12)14/h5-8,13,19H,4,9-10,18H2,1-3H3,(H,20,21). The molecule has 0 bridgehead atoms. The highest BCUT2D eigenvalue weighted by Crippen LogP contribution is 2.36. The molecule has 23 heavy (non-hydrogen) atoms. The summed E-state index contributed by atoms with van der Waals surface area (Å²) in [5, 5.41) is 10.6. The minimum atomic E-state index is -1.40. The van der Waals surface area contributed by atoms with E-state index in [1.807, 2.05) is 24.4 Å². The molecule has 0 aliphatic carbocycles. The Hall–Kier alpha value is -1.89. The number of hydrogen-bond acceptors (Lipinski definition) is 4. The monoisotopic (exact) mass is 320 g/mol. The van der Waals surface area contributed by atoms with Gasteiger partial charge in [0.05, 0.1) is 13.2 Å². The average Bonchev–Trinajstić information content (AvgIpc) is 2.96. The second-order valence-electron chi connectivity index (χ2n) is 5.72. The molecule has 2 atom stereocenters. The van der Waals surface area contributed by atoms with Crippen LogP contribution in [0.5, 0.6) is 0 Å². The molecule has 2 rings (SSSR count). The van der Waals surface area contributed by atoms with Crippen LogP contribution in [-0.2, 0) is 20.9 Å².